The van der Waals surface area contributed by atoms with Crippen LogP contribution >= 0.6 is 0 Å². The van der Waals surface area contributed by atoms with Crippen LogP contribution in [-0.2, 0) is 5.54 Å². The Morgan fingerprint density at radius 3 is 2.86 bits per heavy atom. The fourth-order valence-electron chi connectivity index (χ4n) is 6.97. The topological polar surface area (TPSA) is 55.7 Å². The zero-order valence-corrected chi connectivity index (χ0v) is 16.6. The molecular weight excluding hydrogens is 363 g/mol. The van der Waals surface area contributed by atoms with Crippen molar-refractivity contribution in [3.8, 4) is 6.07 Å². The van der Waals surface area contributed by atoms with E-state index in [-0.39, 0.29) is 11.1 Å². The second kappa shape index (κ2) is 5.60. The van der Waals surface area contributed by atoms with Gasteiger partial charge in [-0.1, -0.05) is 6.07 Å². The predicted molar refractivity (Wildman–Crippen MR) is 110 cm³/mol. The fraction of sp³-hybridized carbons (Fsp3) is 0.417. The van der Waals surface area contributed by atoms with Crippen LogP contribution in [0.4, 0.5) is 10.1 Å². The molecule has 0 amide bonds. The van der Waals surface area contributed by atoms with E-state index in [4.69, 9.17) is 0 Å². The summed E-state index contributed by atoms with van der Waals surface area (Å²) in [6, 6.07) is 11.4. The van der Waals surface area contributed by atoms with E-state index in [9.17, 15) is 9.65 Å². The zero-order chi connectivity index (χ0) is 19.9. The van der Waals surface area contributed by atoms with Gasteiger partial charge in [-0.05, 0) is 85.3 Å². The molecule has 5 atom stereocenters. The van der Waals surface area contributed by atoms with Crippen LogP contribution in [0.3, 0.4) is 0 Å². The number of nitriles is 1. The van der Waals surface area contributed by atoms with Crippen LogP contribution in [-0.4, -0.2) is 17.2 Å². The Hall–Kier alpha value is -2.87. The summed E-state index contributed by atoms with van der Waals surface area (Å²) in [6.45, 7) is 2.27. The molecule has 5 heteroatoms. The summed E-state index contributed by atoms with van der Waals surface area (Å²) in [4.78, 5) is 2.36. The molecule has 3 aromatic rings. The van der Waals surface area contributed by atoms with Crippen molar-refractivity contribution in [3.05, 3.63) is 59.0 Å². The maximum Gasteiger partial charge on any atom is 0.141 e. The molecular formula is C24H23FN4. The summed E-state index contributed by atoms with van der Waals surface area (Å²) in [5.41, 5.74) is 4.50. The first-order valence-electron chi connectivity index (χ1n) is 10.4. The van der Waals surface area contributed by atoms with Crippen LogP contribution in [0.5, 0.6) is 0 Å². The largest absolute Gasteiger partial charge is 0.365 e. The van der Waals surface area contributed by atoms with Crippen LogP contribution in [0.1, 0.15) is 48.8 Å². The van der Waals surface area contributed by atoms with Gasteiger partial charge in [-0.2, -0.15) is 10.4 Å². The molecule has 4 nitrogen and oxygen atoms in total. The molecule has 2 bridgehead atoms. The molecule has 2 aromatic carbocycles. The number of halogens is 1. The summed E-state index contributed by atoms with van der Waals surface area (Å²) >= 11 is 0. The van der Waals surface area contributed by atoms with Crippen LogP contribution in [0.2, 0.25) is 0 Å². The molecule has 0 saturated heterocycles. The van der Waals surface area contributed by atoms with Gasteiger partial charge in [-0.25, -0.2) is 4.39 Å². The molecule has 29 heavy (non-hydrogen) atoms. The number of H-pyrrole nitrogens is 1. The minimum absolute atomic E-state index is 0.112. The Labute approximate surface area is 169 Å². The van der Waals surface area contributed by atoms with Crippen LogP contribution in [0.15, 0.2) is 36.5 Å². The van der Waals surface area contributed by atoms with Gasteiger partial charge in [-0.15, -0.1) is 0 Å². The zero-order valence-electron chi connectivity index (χ0n) is 16.6. The highest BCUT2D eigenvalue weighted by Gasteiger charge is 2.60. The highest BCUT2D eigenvalue weighted by Crippen LogP contribution is 2.67. The van der Waals surface area contributed by atoms with Gasteiger partial charge in [0.2, 0.25) is 0 Å². The highest BCUT2D eigenvalue weighted by molar-refractivity contribution is 5.89. The van der Waals surface area contributed by atoms with Crippen LogP contribution < -0.4 is 4.90 Å². The summed E-state index contributed by atoms with van der Waals surface area (Å²) in [7, 11) is 2.14. The first-order valence-corrected chi connectivity index (χ1v) is 10.4. The van der Waals surface area contributed by atoms with Gasteiger partial charge in [0.1, 0.15) is 11.9 Å². The Morgan fingerprint density at radius 1 is 1.24 bits per heavy atom. The van der Waals surface area contributed by atoms with Crippen molar-refractivity contribution in [2.75, 3.05) is 11.9 Å². The molecule has 1 aliphatic heterocycles. The Morgan fingerprint density at radius 2 is 2.07 bits per heavy atom. The third-order valence-corrected chi connectivity index (χ3v) is 8.27. The quantitative estimate of drug-likeness (QED) is 0.635. The molecule has 2 aliphatic carbocycles. The smallest absolute Gasteiger partial charge is 0.141 e. The number of fused-ring (bicyclic) bond motifs is 9. The van der Waals surface area contributed by atoms with Crippen LogP contribution in [0, 0.1) is 34.9 Å². The van der Waals surface area contributed by atoms with E-state index in [1.165, 1.54) is 35.9 Å². The van der Waals surface area contributed by atoms with Gasteiger partial charge in [-0.3, -0.25) is 5.10 Å². The number of anilines is 1. The highest BCUT2D eigenvalue weighted by atomic mass is 19.1. The number of nitrogens with one attached hydrogen (secondary N) is 1. The van der Waals surface area contributed by atoms with Crippen molar-refractivity contribution in [3.63, 3.8) is 0 Å². The molecule has 3 aliphatic rings. The molecule has 0 radical (unpaired) electrons. The molecule has 2 fully saturated rings. The molecule has 1 aromatic heterocycles. The predicted octanol–water partition coefficient (Wildman–Crippen LogP) is 5.07. The number of nitrogens with zero attached hydrogens (tertiary/aromatic N) is 3. The van der Waals surface area contributed by atoms with E-state index < -0.39 is 5.82 Å². The molecule has 146 valence electrons. The van der Waals surface area contributed by atoms with E-state index in [1.54, 1.807) is 12.1 Å². The molecule has 1 N–H and O–H groups in total. The normalized spacial score (nSPS) is 32.3. The molecule has 2 saturated carbocycles. The van der Waals surface area contributed by atoms with Crippen molar-refractivity contribution < 1.29 is 4.39 Å². The first-order chi connectivity index (χ1) is 14.0. The van der Waals surface area contributed by atoms with Crippen molar-refractivity contribution in [1.29, 1.82) is 5.26 Å². The second-order valence-electron chi connectivity index (χ2n) is 9.23. The SMILES string of the molecule is CN1c2ccc3[nH]ncc3c2[C@H]2C3CCC(C3)[C@H]2[C@]1(C)c1ccc(C#N)c(F)c1. The van der Waals surface area contributed by atoms with Crippen LogP contribution in [0.25, 0.3) is 10.9 Å². The van der Waals surface area contributed by atoms with Crippen molar-refractivity contribution in [1.82, 2.24) is 10.2 Å². The lowest BCUT2D eigenvalue weighted by Crippen LogP contribution is -2.54. The van der Waals surface area contributed by atoms with E-state index in [1.807, 2.05) is 18.3 Å². The minimum atomic E-state index is -0.421. The molecule has 2 heterocycles. The van der Waals surface area contributed by atoms with Gasteiger partial charge >= 0.3 is 0 Å². The number of aromatic nitrogens is 2. The van der Waals surface area contributed by atoms with Gasteiger partial charge in [0.05, 0.1) is 22.8 Å². The van der Waals surface area contributed by atoms with E-state index in [0.717, 1.165) is 11.1 Å². The number of rotatable bonds is 1. The maximum atomic E-state index is 14.6. The standard InChI is InChI=1S/C24H23FN4/c1-24(16-6-5-15(11-26)18(25)10-16)23-14-4-3-13(9-14)21(23)22-17-12-27-28-19(17)7-8-20(22)29(24)2/h5-8,10,12-14,21,23H,3-4,9H2,1-2H3,(H,27,28)/t13?,14?,21-,23-,24+/m1/s1. The maximum absolute atomic E-state index is 14.6. The number of hydrogen-bond acceptors (Lipinski definition) is 3. The van der Waals surface area contributed by atoms with Gasteiger partial charge < -0.3 is 4.90 Å². The summed E-state index contributed by atoms with van der Waals surface area (Å²) in [5, 5.41) is 17.8. The Kier molecular flexibility index (Phi) is 3.29. The Bertz CT molecular complexity index is 1190. The number of aromatic amines is 1. The third-order valence-electron chi connectivity index (χ3n) is 8.27. The average Bonchev–Trinajstić information content (AvgIpc) is 3.46. The lowest BCUT2D eigenvalue weighted by atomic mass is 9.60. The van der Waals surface area contributed by atoms with Gasteiger partial charge in [0, 0.05) is 18.1 Å². The van der Waals surface area contributed by atoms with E-state index >= 15 is 0 Å². The van der Waals surface area contributed by atoms with E-state index in [2.05, 4.69) is 41.2 Å². The first kappa shape index (κ1) is 17.0. The lowest BCUT2D eigenvalue weighted by molar-refractivity contribution is 0.157. The second-order valence-corrected chi connectivity index (χ2v) is 9.23. The van der Waals surface area contributed by atoms with Gasteiger partial charge in [0.15, 0.2) is 0 Å². The summed E-state index contributed by atoms with van der Waals surface area (Å²) in [5.74, 6) is 1.79. The van der Waals surface area contributed by atoms with Crippen molar-refractivity contribution >= 4 is 16.6 Å². The number of benzene rings is 2. The summed E-state index contributed by atoms with van der Waals surface area (Å²) in [6.07, 6.45) is 5.76. The third kappa shape index (κ3) is 1.99. The molecule has 2 unspecified atom stereocenters. The molecule has 0 spiro atoms. The van der Waals surface area contributed by atoms with E-state index in [0.29, 0.717) is 23.7 Å². The lowest BCUT2D eigenvalue weighted by Gasteiger charge is -2.55. The van der Waals surface area contributed by atoms with Gasteiger partial charge in [0.25, 0.3) is 0 Å². The minimum Gasteiger partial charge on any atom is -0.365 e. The van der Waals surface area contributed by atoms with Crippen molar-refractivity contribution in [2.45, 2.75) is 37.6 Å². The monoisotopic (exact) mass is 386 g/mol. The average molecular weight is 386 g/mol. The number of hydrogen-bond donors (Lipinski definition) is 1. The molecule has 6 rings (SSSR count). The summed E-state index contributed by atoms with van der Waals surface area (Å²) < 4.78 is 14.6. The fourth-order valence-corrected chi connectivity index (χ4v) is 6.97. The Balaban J connectivity index is 1.62. The van der Waals surface area contributed by atoms with Crippen molar-refractivity contribution in [2.24, 2.45) is 17.8 Å².